The first-order valence-corrected chi connectivity index (χ1v) is 8.40. The molecule has 0 fully saturated rings. The van der Waals surface area contributed by atoms with Crippen molar-refractivity contribution in [3.05, 3.63) is 47.8 Å². The average molecular weight is 289 g/mol. The highest BCUT2D eigenvalue weighted by Crippen LogP contribution is 2.24. The number of nitrogens with one attached hydrogen (secondary N) is 1. The first-order chi connectivity index (χ1) is 9.78. The SMILES string of the molecule is CCCn1cc(C(NCC)c2ccc(SC)cc2)cn1. The molecule has 0 radical (unpaired) electrons. The molecule has 1 heterocycles. The fourth-order valence-corrected chi connectivity index (χ4v) is 2.72. The van der Waals surface area contributed by atoms with E-state index in [2.05, 4.69) is 61.0 Å². The zero-order valence-electron chi connectivity index (χ0n) is 12.5. The number of hydrogen-bond acceptors (Lipinski definition) is 3. The van der Waals surface area contributed by atoms with Crippen molar-refractivity contribution in [3.8, 4) is 0 Å². The Morgan fingerprint density at radius 3 is 2.55 bits per heavy atom. The van der Waals surface area contributed by atoms with Gasteiger partial charge < -0.3 is 5.32 Å². The summed E-state index contributed by atoms with van der Waals surface area (Å²) in [5.41, 5.74) is 2.53. The van der Waals surface area contributed by atoms with Crippen LogP contribution in [0.3, 0.4) is 0 Å². The monoisotopic (exact) mass is 289 g/mol. The Hall–Kier alpha value is -1.26. The molecule has 0 saturated heterocycles. The number of rotatable bonds is 7. The molecule has 0 aliphatic heterocycles. The molecule has 108 valence electrons. The number of aromatic nitrogens is 2. The van der Waals surface area contributed by atoms with Crippen LogP contribution < -0.4 is 5.32 Å². The third kappa shape index (κ3) is 3.64. The van der Waals surface area contributed by atoms with Gasteiger partial charge in [-0.3, -0.25) is 4.68 Å². The summed E-state index contributed by atoms with van der Waals surface area (Å²) >= 11 is 1.77. The summed E-state index contributed by atoms with van der Waals surface area (Å²) in [5, 5.41) is 7.99. The molecule has 1 N–H and O–H groups in total. The maximum atomic E-state index is 4.44. The number of aryl methyl sites for hydroxylation is 1. The molecule has 1 aromatic heterocycles. The Morgan fingerprint density at radius 2 is 1.95 bits per heavy atom. The molecule has 0 spiro atoms. The Morgan fingerprint density at radius 1 is 1.20 bits per heavy atom. The van der Waals surface area contributed by atoms with E-state index in [-0.39, 0.29) is 6.04 Å². The zero-order valence-corrected chi connectivity index (χ0v) is 13.3. The van der Waals surface area contributed by atoms with Crippen LogP contribution >= 0.6 is 11.8 Å². The van der Waals surface area contributed by atoms with Crippen LogP contribution in [0, 0.1) is 0 Å². The highest BCUT2D eigenvalue weighted by molar-refractivity contribution is 7.98. The fraction of sp³-hybridized carbons (Fsp3) is 0.438. The first kappa shape index (κ1) is 15.1. The molecule has 0 saturated carbocycles. The second kappa shape index (κ2) is 7.50. The third-order valence-electron chi connectivity index (χ3n) is 3.30. The van der Waals surface area contributed by atoms with E-state index in [1.807, 2.05) is 10.9 Å². The molecule has 0 aliphatic carbocycles. The molecule has 2 rings (SSSR count). The molecule has 4 heteroatoms. The van der Waals surface area contributed by atoms with Crippen molar-refractivity contribution in [1.82, 2.24) is 15.1 Å². The molecule has 1 unspecified atom stereocenters. The fourth-order valence-electron chi connectivity index (χ4n) is 2.31. The summed E-state index contributed by atoms with van der Waals surface area (Å²) in [6.07, 6.45) is 7.34. The van der Waals surface area contributed by atoms with Gasteiger partial charge >= 0.3 is 0 Å². The summed E-state index contributed by atoms with van der Waals surface area (Å²) in [6.45, 7) is 6.22. The van der Waals surface area contributed by atoms with Crippen molar-refractivity contribution in [2.45, 2.75) is 37.8 Å². The van der Waals surface area contributed by atoms with Gasteiger partial charge in [0.05, 0.1) is 12.2 Å². The molecule has 1 atom stereocenters. The van der Waals surface area contributed by atoms with Gasteiger partial charge in [-0.2, -0.15) is 5.10 Å². The molecule has 0 amide bonds. The predicted molar refractivity (Wildman–Crippen MR) is 86.3 cm³/mol. The van der Waals surface area contributed by atoms with E-state index in [4.69, 9.17) is 0 Å². The highest BCUT2D eigenvalue weighted by Gasteiger charge is 2.14. The van der Waals surface area contributed by atoms with Gasteiger partial charge in [0.1, 0.15) is 0 Å². The smallest absolute Gasteiger partial charge is 0.0607 e. The minimum absolute atomic E-state index is 0.224. The highest BCUT2D eigenvalue weighted by atomic mass is 32.2. The molecular formula is C16H23N3S. The summed E-state index contributed by atoms with van der Waals surface area (Å²) in [5.74, 6) is 0. The standard InChI is InChI=1S/C16H23N3S/c1-4-10-19-12-14(11-18-19)16(17-5-2)13-6-8-15(20-3)9-7-13/h6-9,11-12,16-17H,4-5,10H2,1-3H3. The van der Waals surface area contributed by atoms with E-state index in [1.165, 1.54) is 16.0 Å². The lowest BCUT2D eigenvalue weighted by Crippen LogP contribution is -2.21. The Balaban J connectivity index is 2.23. The lowest BCUT2D eigenvalue weighted by atomic mass is 10.0. The number of nitrogens with zero attached hydrogens (tertiary/aromatic N) is 2. The normalized spacial score (nSPS) is 12.6. The van der Waals surface area contributed by atoms with Crippen molar-refractivity contribution in [1.29, 1.82) is 0 Å². The first-order valence-electron chi connectivity index (χ1n) is 7.18. The lowest BCUT2D eigenvalue weighted by Gasteiger charge is -2.17. The van der Waals surface area contributed by atoms with Gasteiger partial charge in [0.15, 0.2) is 0 Å². The zero-order chi connectivity index (χ0) is 14.4. The van der Waals surface area contributed by atoms with Crippen LogP contribution in [0.15, 0.2) is 41.6 Å². The predicted octanol–water partition coefficient (Wildman–Crippen LogP) is 3.71. The van der Waals surface area contributed by atoms with Gasteiger partial charge in [-0.1, -0.05) is 26.0 Å². The minimum atomic E-state index is 0.224. The largest absolute Gasteiger partial charge is 0.306 e. The minimum Gasteiger partial charge on any atom is -0.306 e. The second-order valence-corrected chi connectivity index (χ2v) is 5.68. The average Bonchev–Trinajstić information content (AvgIpc) is 2.94. The van der Waals surface area contributed by atoms with E-state index in [1.54, 1.807) is 11.8 Å². The van der Waals surface area contributed by atoms with Crippen molar-refractivity contribution < 1.29 is 0 Å². The Kier molecular flexibility index (Phi) is 5.68. The summed E-state index contributed by atoms with van der Waals surface area (Å²) < 4.78 is 2.02. The maximum absolute atomic E-state index is 4.44. The van der Waals surface area contributed by atoms with Gasteiger partial charge in [-0.05, 0) is 36.9 Å². The second-order valence-electron chi connectivity index (χ2n) is 4.80. The van der Waals surface area contributed by atoms with Gasteiger partial charge in [-0.25, -0.2) is 0 Å². The molecule has 20 heavy (non-hydrogen) atoms. The molecule has 1 aromatic carbocycles. The maximum Gasteiger partial charge on any atom is 0.0607 e. The molecule has 0 bridgehead atoms. The van der Waals surface area contributed by atoms with E-state index >= 15 is 0 Å². The van der Waals surface area contributed by atoms with Crippen molar-refractivity contribution in [3.63, 3.8) is 0 Å². The third-order valence-corrected chi connectivity index (χ3v) is 4.04. The van der Waals surface area contributed by atoms with Crippen LogP contribution in [-0.2, 0) is 6.54 Å². The van der Waals surface area contributed by atoms with Crippen LogP contribution in [0.25, 0.3) is 0 Å². The van der Waals surface area contributed by atoms with Crippen molar-refractivity contribution in [2.75, 3.05) is 12.8 Å². The summed E-state index contributed by atoms with van der Waals surface area (Å²) in [7, 11) is 0. The van der Waals surface area contributed by atoms with E-state index < -0.39 is 0 Å². The molecule has 0 aliphatic rings. The van der Waals surface area contributed by atoms with Gasteiger partial charge in [-0.15, -0.1) is 11.8 Å². The quantitative estimate of drug-likeness (QED) is 0.788. The molecular weight excluding hydrogens is 266 g/mol. The van der Waals surface area contributed by atoms with E-state index in [0.717, 1.165) is 19.5 Å². The lowest BCUT2D eigenvalue weighted by molar-refractivity contribution is 0.597. The number of thioether (sulfide) groups is 1. The van der Waals surface area contributed by atoms with Gasteiger partial charge in [0.2, 0.25) is 0 Å². The van der Waals surface area contributed by atoms with Gasteiger partial charge in [0, 0.05) is 23.2 Å². The van der Waals surface area contributed by atoms with Gasteiger partial charge in [0.25, 0.3) is 0 Å². The summed E-state index contributed by atoms with van der Waals surface area (Å²) in [6, 6.07) is 9.00. The van der Waals surface area contributed by atoms with Crippen molar-refractivity contribution >= 4 is 11.8 Å². The van der Waals surface area contributed by atoms with Crippen LogP contribution in [-0.4, -0.2) is 22.6 Å². The van der Waals surface area contributed by atoms with Crippen molar-refractivity contribution in [2.24, 2.45) is 0 Å². The number of hydrogen-bond donors (Lipinski definition) is 1. The Labute approximate surface area is 125 Å². The molecule has 2 aromatic rings. The van der Waals surface area contributed by atoms with Crippen LogP contribution in [0.1, 0.15) is 37.4 Å². The van der Waals surface area contributed by atoms with Crippen LogP contribution in [0.2, 0.25) is 0 Å². The number of benzene rings is 1. The molecule has 3 nitrogen and oxygen atoms in total. The Bertz CT molecular complexity index is 519. The van der Waals surface area contributed by atoms with E-state index in [9.17, 15) is 0 Å². The topological polar surface area (TPSA) is 29.9 Å². The van der Waals surface area contributed by atoms with Crippen LogP contribution in [0.4, 0.5) is 0 Å². The summed E-state index contributed by atoms with van der Waals surface area (Å²) in [4.78, 5) is 1.30. The van der Waals surface area contributed by atoms with Crippen LogP contribution in [0.5, 0.6) is 0 Å². The van der Waals surface area contributed by atoms with E-state index in [0.29, 0.717) is 0 Å².